The van der Waals surface area contributed by atoms with Crippen molar-refractivity contribution in [1.29, 1.82) is 0 Å². The molecule has 8 heteroatoms. The second-order valence-electron chi connectivity index (χ2n) is 3.97. The molecule has 0 aliphatic carbocycles. The van der Waals surface area contributed by atoms with E-state index in [1.54, 1.807) is 13.8 Å². The van der Waals surface area contributed by atoms with Crippen molar-refractivity contribution in [3.05, 3.63) is 29.5 Å². The second-order valence-corrected chi connectivity index (χ2v) is 3.97. The molecule has 2 aromatic heterocycles. The van der Waals surface area contributed by atoms with Crippen molar-refractivity contribution in [2.45, 2.75) is 20.4 Å². The largest absolute Gasteiger partial charge is 0.462 e. The van der Waals surface area contributed by atoms with Crippen molar-refractivity contribution in [3.63, 3.8) is 0 Å². The average Bonchev–Trinajstić information content (AvgIpc) is 2.83. The predicted octanol–water partition coefficient (Wildman–Crippen LogP) is 1.14. The van der Waals surface area contributed by atoms with Gasteiger partial charge in [-0.3, -0.25) is 0 Å². The quantitative estimate of drug-likeness (QED) is 0.781. The number of hydrogen-bond donors (Lipinski definition) is 2. The first-order valence-electron chi connectivity index (χ1n) is 6.06. The molecule has 0 radical (unpaired) electrons. The van der Waals surface area contributed by atoms with Crippen LogP contribution in [0.4, 0.5) is 11.5 Å². The minimum atomic E-state index is -0.487. The highest BCUT2D eigenvalue weighted by Gasteiger charge is 2.15. The van der Waals surface area contributed by atoms with E-state index in [0.717, 1.165) is 0 Å². The molecule has 0 aliphatic heterocycles. The molecule has 2 rings (SSSR count). The van der Waals surface area contributed by atoms with Crippen LogP contribution in [-0.2, 0) is 11.3 Å². The number of aromatic nitrogens is 3. The van der Waals surface area contributed by atoms with E-state index < -0.39 is 5.97 Å². The van der Waals surface area contributed by atoms with Gasteiger partial charge in [0.25, 0.3) is 0 Å². The summed E-state index contributed by atoms with van der Waals surface area (Å²) in [6.07, 6.45) is 1.45. The number of rotatable bonds is 5. The monoisotopic (exact) mass is 277 g/mol. The van der Waals surface area contributed by atoms with Crippen LogP contribution in [0.25, 0.3) is 0 Å². The number of carbonyl (C=O) groups excluding carboxylic acids is 1. The highest BCUT2D eigenvalue weighted by molar-refractivity contribution is 5.95. The van der Waals surface area contributed by atoms with Crippen molar-refractivity contribution in [1.82, 2.24) is 15.1 Å². The van der Waals surface area contributed by atoms with Gasteiger partial charge in [0.15, 0.2) is 5.82 Å². The van der Waals surface area contributed by atoms with Crippen LogP contribution in [0, 0.1) is 6.92 Å². The van der Waals surface area contributed by atoms with Gasteiger partial charge >= 0.3 is 5.97 Å². The number of hydrogen-bond acceptors (Lipinski definition) is 8. The third-order valence-electron chi connectivity index (χ3n) is 2.39. The Labute approximate surface area is 115 Å². The number of nitrogens with two attached hydrogens (primary N) is 1. The van der Waals surface area contributed by atoms with E-state index in [1.807, 2.05) is 0 Å². The molecule has 2 heterocycles. The highest BCUT2D eigenvalue weighted by Crippen LogP contribution is 2.17. The first-order chi connectivity index (χ1) is 9.60. The zero-order valence-corrected chi connectivity index (χ0v) is 11.2. The van der Waals surface area contributed by atoms with Crippen molar-refractivity contribution in [2.75, 3.05) is 17.7 Å². The van der Waals surface area contributed by atoms with Crippen LogP contribution in [0.3, 0.4) is 0 Å². The maximum absolute atomic E-state index is 11.8. The third kappa shape index (κ3) is 3.22. The van der Waals surface area contributed by atoms with Crippen molar-refractivity contribution >= 4 is 17.5 Å². The lowest BCUT2D eigenvalue weighted by Gasteiger charge is -2.09. The normalized spacial score (nSPS) is 10.3. The molecule has 0 bridgehead atoms. The summed E-state index contributed by atoms with van der Waals surface area (Å²) in [5.41, 5.74) is 6.29. The van der Waals surface area contributed by atoms with Gasteiger partial charge in [0.1, 0.15) is 11.4 Å². The van der Waals surface area contributed by atoms with Crippen LogP contribution >= 0.6 is 0 Å². The minimum Gasteiger partial charge on any atom is -0.462 e. The van der Waals surface area contributed by atoms with E-state index >= 15 is 0 Å². The summed E-state index contributed by atoms with van der Waals surface area (Å²) in [6, 6.07) is 1.51. The van der Waals surface area contributed by atoms with Crippen LogP contribution in [0.2, 0.25) is 0 Å². The van der Waals surface area contributed by atoms with Gasteiger partial charge in [0.2, 0.25) is 5.89 Å². The number of ether oxygens (including phenoxy) is 1. The smallest absolute Gasteiger partial charge is 0.341 e. The zero-order chi connectivity index (χ0) is 14.5. The Morgan fingerprint density at radius 3 is 3.00 bits per heavy atom. The molecule has 3 N–H and O–H groups in total. The average molecular weight is 277 g/mol. The van der Waals surface area contributed by atoms with E-state index in [9.17, 15) is 4.79 Å². The van der Waals surface area contributed by atoms with Gasteiger partial charge in [0.05, 0.1) is 25.0 Å². The lowest BCUT2D eigenvalue weighted by molar-refractivity contribution is 0.0527. The molecule has 0 aromatic carbocycles. The number of nitrogens with zero attached hydrogens (tertiary/aromatic N) is 3. The fourth-order valence-electron chi connectivity index (χ4n) is 1.56. The SMILES string of the molecule is CCOC(=O)c1cc(N)cnc1NCc1noc(C)n1. The highest BCUT2D eigenvalue weighted by atomic mass is 16.5. The first-order valence-corrected chi connectivity index (χ1v) is 6.06. The fraction of sp³-hybridized carbons (Fsp3) is 0.333. The number of pyridine rings is 1. The fourth-order valence-corrected chi connectivity index (χ4v) is 1.56. The Morgan fingerprint density at radius 2 is 2.35 bits per heavy atom. The van der Waals surface area contributed by atoms with Crippen LogP contribution in [0.15, 0.2) is 16.8 Å². The molecule has 0 atom stereocenters. The van der Waals surface area contributed by atoms with Gasteiger partial charge in [-0.2, -0.15) is 4.98 Å². The van der Waals surface area contributed by atoms with E-state index in [1.165, 1.54) is 12.3 Å². The number of nitrogens with one attached hydrogen (secondary N) is 1. The summed E-state index contributed by atoms with van der Waals surface area (Å²) < 4.78 is 9.81. The van der Waals surface area contributed by atoms with E-state index in [4.69, 9.17) is 15.0 Å². The van der Waals surface area contributed by atoms with Crippen LogP contribution in [0.5, 0.6) is 0 Å². The maximum Gasteiger partial charge on any atom is 0.341 e. The Hall–Kier alpha value is -2.64. The van der Waals surface area contributed by atoms with Gasteiger partial charge < -0.3 is 20.3 Å². The molecule has 0 saturated carbocycles. The molecule has 0 unspecified atom stereocenters. The summed E-state index contributed by atoms with van der Waals surface area (Å²) >= 11 is 0. The molecule has 0 fully saturated rings. The van der Waals surface area contributed by atoms with Crippen LogP contribution < -0.4 is 11.1 Å². The third-order valence-corrected chi connectivity index (χ3v) is 2.39. The number of nitrogen functional groups attached to an aromatic ring is 1. The molecule has 106 valence electrons. The Kier molecular flexibility index (Phi) is 4.14. The summed E-state index contributed by atoms with van der Waals surface area (Å²) in [6.45, 7) is 3.98. The van der Waals surface area contributed by atoms with Crippen molar-refractivity contribution in [2.24, 2.45) is 0 Å². The van der Waals surface area contributed by atoms with Gasteiger partial charge in [0, 0.05) is 6.92 Å². The lowest BCUT2D eigenvalue weighted by atomic mass is 10.2. The van der Waals surface area contributed by atoms with Gasteiger partial charge in [-0.15, -0.1) is 0 Å². The summed E-state index contributed by atoms with van der Waals surface area (Å²) in [5.74, 6) is 0.813. The second kappa shape index (κ2) is 6.00. The Bertz CT molecular complexity index is 611. The predicted molar refractivity (Wildman–Crippen MR) is 71.0 cm³/mol. The topological polar surface area (TPSA) is 116 Å². The molecule has 0 saturated heterocycles. The maximum atomic E-state index is 11.8. The molecule has 0 amide bonds. The molecular formula is C12H15N5O3. The lowest BCUT2D eigenvalue weighted by Crippen LogP contribution is -2.12. The molecular weight excluding hydrogens is 262 g/mol. The number of carbonyl (C=O) groups is 1. The van der Waals surface area contributed by atoms with Crippen molar-refractivity contribution in [3.8, 4) is 0 Å². The van der Waals surface area contributed by atoms with E-state index in [-0.39, 0.29) is 18.7 Å². The summed E-state index contributed by atoms with van der Waals surface area (Å²) in [7, 11) is 0. The summed E-state index contributed by atoms with van der Waals surface area (Å²) in [4.78, 5) is 20.0. The number of esters is 1. The minimum absolute atomic E-state index is 0.270. The van der Waals surface area contributed by atoms with Gasteiger partial charge in [-0.1, -0.05) is 5.16 Å². The van der Waals surface area contributed by atoms with Gasteiger partial charge in [-0.05, 0) is 13.0 Å². The molecule has 0 spiro atoms. The first kappa shape index (κ1) is 13.8. The van der Waals surface area contributed by atoms with Crippen LogP contribution in [-0.4, -0.2) is 27.7 Å². The van der Waals surface area contributed by atoms with Crippen molar-refractivity contribution < 1.29 is 14.1 Å². The molecule has 2 aromatic rings. The molecule has 8 nitrogen and oxygen atoms in total. The van der Waals surface area contributed by atoms with Crippen LogP contribution in [0.1, 0.15) is 29.0 Å². The molecule has 20 heavy (non-hydrogen) atoms. The Balaban J connectivity index is 2.16. The zero-order valence-electron chi connectivity index (χ0n) is 11.2. The standard InChI is InChI=1S/C12H15N5O3/c1-3-19-12(18)9-4-8(13)5-14-11(9)15-6-10-16-7(2)20-17-10/h4-5H,3,6,13H2,1-2H3,(H,14,15). The van der Waals surface area contributed by atoms with E-state index in [0.29, 0.717) is 23.2 Å². The van der Waals surface area contributed by atoms with Gasteiger partial charge in [-0.25, -0.2) is 9.78 Å². The number of anilines is 2. The molecule has 0 aliphatic rings. The number of aryl methyl sites for hydroxylation is 1. The Morgan fingerprint density at radius 1 is 1.55 bits per heavy atom. The summed E-state index contributed by atoms with van der Waals surface area (Å²) in [5, 5.41) is 6.70. The van der Waals surface area contributed by atoms with E-state index in [2.05, 4.69) is 20.4 Å².